The number of fused-ring (bicyclic) bond motifs is 1. The Bertz CT molecular complexity index is 848. The number of halogens is 2. The van der Waals surface area contributed by atoms with Crippen molar-refractivity contribution in [3.8, 4) is 0 Å². The second-order valence-corrected chi connectivity index (χ2v) is 8.40. The Labute approximate surface area is 170 Å². The fourth-order valence-corrected chi connectivity index (χ4v) is 4.85. The summed E-state index contributed by atoms with van der Waals surface area (Å²) >= 11 is 12.1. The lowest BCUT2D eigenvalue weighted by Crippen LogP contribution is -2.44. The maximum Gasteiger partial charge on any atom is 0.227 e. The minimum Gasteiger partial charge on any atom is -0.337 e. The molecular formula is C22H24Cl2N2O. The van der Waals surface area contributed by atoms with Crippen LogP contribution in [-0.2, 0) is 17.6 Å². The summed E-state index contributed by atoms with van der Waals surface area (Å²) < 4.78 is 0. The highest BCUT2D eigenvalue weighted by Crippen LogP contribution is 2.39. The van der Waals surface area contributed by atoms with Crippen molar-refractivity contribution in [2.24, 2.45) is 0 Å². The number of nitrogens with zero attached hydrogens (tertiary/aromatic N) is 2. The van der Waals surface area contributed by atoms with E-state index in [1.54, 1.807) is 12.1 Å². The smallest absolute Gasteiger partial charge is 0.227 e. The van der Waals surface area contributed by atoms with E-state index in [1.807, 2.05) is 18.0 Å². The molecular weight excluding hydrogens is 379 g/mol. The van der Waals surface area contributed by atoms with Crippen LogP contribution in [0.25, 0.3) is 0 Å². The van der Waals surface area contributed by atoms with Crippen LogP contribution in [0.15, 0.2) is 42.5 Å². The Hall–Kier alpha value is -1.55. The second-order valence-electron chi connectivity index (χ2n) is 7.59. The quantitative estimate of drug-likeness (QED) is 0.735. The summed E-state index contributed by atoms with van der Waals surface area (Å²) in [4.78, 5) is 17.6. The van der Waals surface area contributed by atoms with E-state index in [0.29, 0.717) is 22.5 Å². The molecule has 142 valence electrons. The summed E-state index contributed by atoms with van der Waals surface area (Å²) in [6.45, 7) is 2.26. The molecule has 0 saturated carbocycles. The third-order valence-electron chi connectivity index (χ3n) is 5.93. The second kappa shape index (κ2) is 7.83. The number of carbonyl (C=O) groups excluding carboxylic acids is 1. The summed E-state index contributed by atoms with van der Waals surface area (Å²) in [5, 5.41) is 1.01. The van der Waals surface area contributed by atoms with Crippen molar-refractivity contribution < 1.29 is 4.79 Å². The van der Waals surface area contributed by atoms with Crippen molar-refractivity contribution >= 4 is 29.1 Å². The molecule has 5 heteroatoms. The highest BCUT2D eigenvalue weighted by atomic mass is 35.5. The zero-order valence-electron chi connectivity index (χ0n) is 15.5. The average molecular weight is 403 g/mol. The topological polar surface area (TPSA) is 23.6 Å². The van der Waals surface area contributed by atoms with Gasteiger partial charge in [-0.3, -0.25) is 9.69 Å². The SMILES string of the molecule is CN(C(=O)Cc1ccc(Cl)c(Cl)c1)C1c2ccccc2CC1N1CCCC1. The molecule has 1 aliphatic carbocycles. The molecule has 1 heterocycles. The molecule has 0 aromatic heterocycles. The molecule has 1 saturated heterocycles. The summed E-state index contributed by atoms with van der Waals surface area (Å²) in [5.41, 5.74) is 3.55. The van der Waals surface area contributed by atoms with Gasteiger partial charge in [0.05, 0.1) is 22.5 Å². The van der Waals surface area contributed by atoms with Crippen LogP contribution >= 0.6 is 23.2 Å². The van der Waals surface area contributed by atoms with Gasteiger partial charge in [0.25, 0.3) is 0 Å². The van der Waals surface area contributed by atoms with Gasteiger partial charge in [-0.15, -0.1) is 0 Å². The van der Waals surface area contributed by atoms with Gasteiger partial charge in [0.1, 0.15) is 0 Å². The number of likely N-dealkylation sites (tertiary alicyclic amines) is 1. The van der Waals surface area contributed by atoms with Crippen molar-refractivity contribution in [1.82, 2.24) is 9.80 Å². The first-order valence-corrected chi connectivity index (χ1v) is 10.3. The molecule has 1 amide bonds. The number of carbonyl (C=O) groups is 1. The highest BCUT2D eigenvalue weighted by molar-refractivity contribution is 6.42. The zero-order chi connectivity index (χ0) is 19.0. The number of benzene rings is 2. The first kappa shape index (κ1) is 18.8. The lowest BCUT2D eigenvalue weighted by atomic mass is 10.0. The van der Waals surface area contributed by atoms with Gasteiger partial charge in [0.2, 0.25) is 5.91 Å². The van der Waals surface area contributed by atoms with E-state index in [1.165, 1.54) is 24.0 Å². The minimum absolute atomic E-state index is 0.106. The van der Waals surface area contributed by atoms with Gasteiger partial charge in [-0.1, -0.05) is 53.5 Å². The Morgan fingerprint density at radius 2 is 1.85 bits per heavy atom. The van der Waals surface area contributed by atoms with Crippen molar-refractivity contribution in [3.63, 3.8) is 0 Å². The first-order valence-electron chi connectivity index (χ1n) is 9.56. The van der Waals surface area contributed by atoms with E-state index in [0.717, 1.165) is 25.1 Å². The van der Waals surface area contributed by atoms with Gasteiger partial charge in [0, 0.05) is 13.1 Å². The number of likely N-dealkylation sites (N-methyl/N-ethyl adjacent to an activating group) is 1. The Balaban J connectivity index is 1.58. The molecule has 1 fully saturated rings. The molecule has 1 aliphatic heterocycles. The third-order valence-corrected chi connectivity index (χ3v) is 6.67. The predicted octanol–water partition coefficient (Wildman–Crippen LogP) is 4.76. The van der Waals surface area contributed by atoms with E-state index >= 15 is 0 Å². The predicted molar refractivity (Wildman–Crippen MR) is 110 cm³/mol. The van der Waals surface area contributed by atoms with E-state index in [-0.39, 0.29) is 11.9 Å². The standard InChI is InChI=1S/C22H24Cl2N2O/c1-25(21(27)13-15-8-9-18(23)19(24)12-15)22-17-7-3-2-6-16(17)14-20(22)26-10-4-5-11-26/h2-3,6-9,12,20,22H,4-5,10-11,13-14H2,1H3. The van der Waals surface area contributed by atoms with Gasteiger partial charge in [-0.05, 0) is 61.2 Å². The number of rotatable bonds is 4. The van der Waals surface area contributed by atoms with E-state index in [4.69, 9.17) is 23.2 Å². The summed E-state index contributed by atoms with van der Waals surface area (Å²) in [5.74, 6) is 0.110. The molecule has 4 rings (SSSR count). The van der Waals surface area contributed by atoms with Crippen molar-refractivity contribution in [3.05, 3.63) is 69.2 Å². The molecule has 0 radical (unpaired) electrons. The maximum absolute atomic E-state index is 13.1. The van der Waals surface area contributed by atoms with Gasteiger partial charge in [0.15, 0.2) is 0 Å². The highest BCUT2D eigenvalue weighted by Gasteiger charge is 2.40. The van der Waals surface area contributed by atoms with E-state index < -0.39 is 0 Å². The summed E-state index contributed by atoms with van der Waals surface area (Å²) in [6.07, 6.45) is 3.85. The fraction of sp³-hybridized carbons (Fsp3) is 0.409. The number of amides is 1. The molecule has 2 unspecified atom stereocenters. The molecule has 2 aromatic rings. The van der Waals surface area contributed by atoms with Crippen LogP contribution in [0.4, 0.5) is 0 Å². The van der Waals surface area contributed by atoms with E-state index in [2.05, 4.69) is 29.2 Å². The van der Waals surface area contributed by atoms with Crippen LogP contribution < -0.4 is 0 Å². The van der Waals surface area contributed by atoms with Crippen molar-refractivity contribution in [1.29, 1.82) is 0 Å². The molecule has 3 nitrogen and oxygen atoms in total. The fourth-order valence-electron chi connectivity index (χ4n) is 4.53. The normalized spacial score (nSPS) is 22.0. The Morgan fingerprint density at radius 3 is 2.59 bits per heavy atom. The number of hydrogen-bond acceptors (Lipinski definition) is 2. The van der Waals surface area contributed by atoms with Crippen LogP contribution in [0.1, 0.15) is 35.6 Å². The van der Waals surface area contributed by atoms with Gasteiger partial charge < -0.3 is 4.90 Å². The summed E-state index contributed by atoms with van der Waals surface area (Å²) in [7, 11) is 1.94. The van der Waals surface area contributed by atoms with E-state index in [9.17, 15) is 4.79 Å². The molecule has 27 heavy (non-hydrogen) atoms. The first-order chi connectivity index (χ1) is 13.0. The van der Waals surface area contributed by atoms with Gasteiger partial charge >= 0.3 is 0 Å². The number of hydrogen-bond donors (Lipinski definition) is 0. The van der Waals surface area contributed by atoms with Gasteiger partial charge in [-0.2, -0.15) is 0 Å². The lowest BCUT2D eigenvalue weighted by Gasteiger charge is -2.35. The largest absolute Gasteiger partial charge is 0.337 e. The monoisotopic (exact) mass is 402 g/mol. The van der Waals surface area contributed by atoms with Crippen LogP contribution in [0, 0.1) is 0 Å². The van der Waals surface area contributed by atoms with Crippen molar-refractivity contribution in [2.75, 3.05) is 20.1 Å². The Kier molecular flexibility index (Phi) is 5.45. The van der Waals surface area contributed by atoms with Crippen LogP contribution in [0.5, 0.6) is 0 Å². The molecule has 0 spiro atoms. The van der Waals surface area contributed by atoms with Crippen molar-refractivity contribution in [2.45, 2.75) is 37.8 Å². The average Bonchev–Trinajstić information content (AvgIpc) is 3.31. The zero-order valence-corrected chi connectivity index (χ0v) is 17.0. The molecule has 0 bridgehead atoms. The lowest BCUT2D eigenvalue weighted by molar-refractivity contribution is -0.132. The minimum atomic E-state index is 0.106. The molecule has 2 atom stereocenters. The van der Waals surface area contributed by atoms with Crippen LogP contribution in [0.3, 0.4) is 0 Å². The maximum atomic E-state index is 13.1. The molecule has 2 aliphatic rings. The Morgan fingerprint density at radius 1 is 1.11 bits per heavy atom. The van der Waals surface area contributed by atoms with Crippen LogP contribution in [-0.4, -0.2) is 41.9 Å². The molecule has 0 N–H and O–H groups in total. The summed E-state index contributed by atoms with van der Waals surface area (Å²) in [6, 6.07) is 14.5. The van der Waals surface area contributed by atoms with Crippen LogP contribution in [0.2, 0.25) is 10.0 Å². The third kappa shape index (κ3) is 3.73. The van der Waals surface area contributed by atoms with Gasteiger partial charge in [-0.25, -0.2) is 0 Å². The molecule has 2 aromatic carbocycles.